The number of nitrogens with zero attached hydrogens (tertiary/aromatic N) is 3. The molecular weight excluding hydrogens is 282 g/mol. The van der Waals surface area contributed by atoms with Crippen molar-refractivity contribution in [3.63, 3.8) is 0 Å². The molecule has 1 amide bonds. The maximum Gasteiger partial charge on any atom is 0.224 e. The number of halogens is 1. The molecule has 3 N–H and O–H groups in total. The Balaban J connectivity index is 1.85. The predicted molar refractivity (Wildman–Crippen MR) is 76.7 cm³/mol. The summed E-state index contributed by atoms with van der Waals surface area (Å²) in [6.07, 6.45) is 0.375. The van der Waals surface area contributed by atoms with E-state index in [1.165, 1.54) is 0 Å². The summed E-state index contributed by atoms with van der Waals surface area (Å²) in [5, 5.41) is 3.16. The topological polar surface area (TPSA) is 93.4 Å². The van der Waals surface area contributed by atoms with Gasteiger partial charge in [-0.2, -0.15) is 4.98 Å². The van der Waals surface area contributed by atoms with Crippen molar-refractivity contribution in [2.45, 2.75) is 13.3 Å². The Morgan fingerprint density at radius 2 is 2.15 bits per heavy atom. The number of aryl methyl sites for hydroxylation is 1. The molecule has 0 aromatic carbocycles. The van der Waals surface area contributed by atoms with Crippen molar-refractivity contribution in [1.82, 2.24) is 14.9 Å². The highest BCUT2D eigenvalue weighted by molar-refractivity contribution is 6.28. The van der Waals surface area contributed by atoms with E-state index in [1.807, 2.05) is 0 Å². The fourth-order valence-electron chi connectivity index (χ4n) is 1.94. The fourth-order valence-corrected chi connectivity index (χ4v) is 2.15. The largest absolute Gasteiger partial charge is 0.394 e. The second-order valence-electron chi connectivity index (χ2n) is 4.51. The first kappa shape index (κ1) is 14.8. The summed E-state index contributed by atoms with van der Waals surface area (Å²) in [7, 11) is 0. The van der Waals surface area contributed by atoms with Crippen LogP contribution in [0.5, 0.6) is 0 Å². The number of amides is 1. The van der Waals surface area contributed by atoms with Gasteiger partial charge < -0.3 is 20.7 Å². The van der Waals surface area contributed by atoms with Crippen molar-refractivity contribution in [1.29, 1.82) is 0 Å². The van der Waals surface area contributed by atoms with Crippen molar-refractivity contribution in [2.75, 3.05) is 43.9 Å². The molecule has 1 aliphatic heterocycles. The Morgan fingerprint density at radius 3 is 2.85 bits per heavy atom. The number of aromatic nitrogens is 2. The molecule has 1 saturated heterocycles. The van der Waals surface area contributed by atoms with Crippen LogP contribution in [0.25, 0.3) is 0 Å². The summed E-state index contributed by atoms with van der Waals surface area (Å²) in [5.74, 6) is 0.563. The standard InChI is InChI=1S/C12H18ClN5O2/c1-8-10(14)11(17-12(13)16-8)15-3-2-9(19)18-4-6-20-7-5-18/h2-7,14H2,1H3,(H,15,16,17). The fraction of sp³-hybridized carbons (Fsp3) is 0.583. The molecule has 0 unspecified atom stereocenters. The number of rotatable bonds is 4. The first-order valence-electron chi connectivity index (χ1n) is 6.47. The molecule has 1 fully saturated rings. The highest BCUT2D eigenvalue weighted by Gasteiger charge is 2.16. The van der Waals surface area contributed by atoms with E-state index in [1.54, 1.807) is 11.8 Å². The molecule has 8 heteroatoms. The minimum Gasteiger partial charge on any atom is -0.394 e. The minimum absolute atomic E-state index is 0.0937. The molecule has 0 saturated carbocycles. The number of nitrogens with one attached hydrogen (secondary N) is 1. The highest BCUT2D eigenvalue weighted by atomic mass is 35.5. The third-order valence-corrected chi connectivity index (χ3v) is 3.27. The number of anilines is 2. The number of nitrogen functional groups attached to an aromatic ring is 1. The number of carbonyl (C=O) groups excluding carboxylic acids is 1. The molecule has 0 spiro atoms. The maximum atomic E-state index is 11.9. The Bertz CT molecular complexity index is 491. The van der Waals surface area contributed by atoms with Crippen molar-refractivity contribution < 1.29 is 9.53 Å². The lowest BCUT2D eigenvalue weighted by Crippen LogP contribution is -2.41. The molecule has 20 heavy (non-hydrogen) atoms. The number of morpholine rings is 1. The van der Waals surface area contributed by atoms with Crippen LogP contribution < -0.4 is 11.1 Å². The van der Waals surface area contributed by atoms with E-state index < -0.39 is 0 Å². The van der Waals surface area contributed by atoms with Crippen LogP contribution in [0, 0.1) is 6.92 Å². The molecule has 1 aromatic heterocycles. The zero-order valence-electron chi connectivity index (χ0n) is 11.4. The van der Waals surface area contributed by atoms with Crippen LogP contribution in [0.1, 0.15) is 12.1 Å². The zero-order valence-corrected chi connectivity index (χ0v) is 12.1. The lowest BCUT2D eigenvalue weighted by Gasteiger charge is -2.26. The molecule has 0 atom stereocenters. The highest BCUT2D eigenvalue weighted by Crippen LogP contribution is 2.20. The van der Waals surface area contributed by atoms with Gasteiger partial charge in [-0.3, -0.25) is 4.79 Å². The van der Waals surface area contributed by atoms with Gasteiger partial charge in [0, 0.05) is 26.1 Å². The molecule has 0 bridgehead atoms. The molecular formula is C12H18ClN5O2. The quantitative estimate of drug-likeness (QED) is 0.794. The number of carbonyl (C=O) groups is 1. The maximum absolute atomic E-state index is 11.9. The van der Waals surface area contributed by atoms with Crippen LogP contribution in [0.3, 0.4) is 0 Å². The smallest absolute Gasteiger partial charge is 0.224 e. The van der Waals surface area contributed by atoms with Crippen LogP contribution in [-0.2, 0) is 9.53 Å². The molecule has 7 nitrogen and oxygen atoms in total. The van der Waals surface area contributed by atoms with Gasteiger partial charge in [0.15, 0.2) is 5.82 Å². The number of nitrogens with two attached hydrogens (primary N) is 1. The molecule has 2 rings (SSSR count). The molecule has 0 radical (unpaired) electrons. The van der Waals surface area contributed by atoms with Crippen LogP contribution in [0.15, 0.2) is 0 Å². The second-order valence-corrected chi connectivity index (χ2v) is 4.85. The van der Waals surface area contributed by atoms with Crippen molar-refractivity contribution in [3.05, 3.63) is 11.0 Å². The van der Waals surface area contributed by atoms with Gasteiger partial charge in [-0.15, -0.1) is 0 Å². The van der Waals surface area contributed by atoms with Gasteiger partial charge in [0.2, 0.25) is 11.2 Å². The number of hydrogen-bond acceptors (Lipinski definition) is 6. The normalized spacial score (nSPS) is 15.2. The van der Waals surface area contributed by atoms with Gasteiger partial charge in [0.25, 0.3) is 0 Å². The summed E-state index contributed by atoms with van der Waals surface area (Å²) < 4.78 is 5.21. The van der Waals surface area contributed by atoms with Gasteiger partial charge in [-0.1, -0.05) is 0 Å². The van der Waals surface area contributed by atoms with Crippen LogP contribution >= 0.6 is 11.6 Å². The van der Waals surface area contributed by atoms with E-state index >= 15 is 0 Å². The molecule has 1 aliphatic rings. The van der Waals surface area contributed by atoms with E-state index in [4.69, 9.17) is 22.1 Å². The van der Waals surface area contributed by atoms with E-state index in [0.29, 0.717) is 56.5 Å². The van der Waals surface area contributed by atoms with Crippen LogP contribution in [-0.4, -0.2) is 53.6 Å². The molecule has 2 heterocycles. The summed E-state index contributed by atoms with van der Waals surface area (Å²) in [6.45, 7) is 4.72. The van der Waals surface area contributed by atoms with E-state index in [2.05, 4.69) is 15.3 Å². The number of ether oxygens (including phenoxy) is 1. The van der Waals surface area contributed by atoms with E-state index in [0.717, 1.165) is 0 Å². The SMILES string of the molecule is Cc1nc(Cl)nc(NCCC(=O)N2CCOCC2)c1N. The minimum atomic E-state index is 0.0937. The average molecular weight is 300 g/mol. The first-order chi connectivity index (χ1) is 9.58. The summed E-state index contributed by atoms with van der Waals surface area (Å²) >= 11 is 5.78. The lowest BCUT2D eigenvalue weighted by atomic mass is 10.3. The van der Waals surface area contributed by atoms with Crippen molar-refractivity contribution in [3.8, 4) is 0 Å². The Kier molecular flexibility index (Phi) is 4.97. The summed E-state index contributed by atoms with van der Waals surface area (Å²) in [6, 6.07) is 0. The third-order valence-electron chi connectivity index (χ3n) is 3.10. The average Bonchev–Trinajstić information content (AvgIpc) is 2.44. The molecule has 1 aromatic rings. The van der Waals surface area contributed by atoms with Gasteiger partial charge in [-0.05, 0) is 18.5 Å². The molecule has 110 valence electrons. The van der Waals surface area contributed by atoms with Gasteiger partial charge in [-0.25, -0.2) is 4.98 Å². The van der Waals surface area contributed by atoms with Gasteiger partial charge in [0.05, 0.1) is 24.6 Å². The van der Waals surface area contributed by atoms with Crippen molar-refractivity contribution >= 4 is 29.0 Å². The molecule has 0 aliphatic carbocycles. The lowest BCUT2D eigenvalue weighted by molar-refractivity contribution is -0.134. The van der Waals surface area contributed by atoms with Crippen molar-refractivity contribution in [2.24, 2.45) is 0 Å². The van der Waals surface area contributed by atoms with Gasteiger partial charge >= 0.3 is 0 Å². The monoisotopic (exact) mass is 299 g/mol. The first-order valence-corrected chi connectivity index (χ1v) is 6.84. The Morgan fingerprint density at radius 1 is 1.45 bits per heavy atom. The Hall–Kier alpha value is -1.60. The van der Waals surface area contributed by atoms with Crippen LogP contribution in [0.4, 0.5) is 11.5 Å². The van der Waals surface area contributed by atoms with Crippen LogP contribution in [0.2, 0.25) is 5.28 Å². The second kappa shape index (κ2) is 6.71. The number of hydrogen-bond donors (Lipinski definition) is 2. The van der Waals surface area contributed by atoms with E-state index in [-0.39, 0.29) is 11.2 Å². The Labute approximate surface area is 122 Å². The summed E-state index contributed by atoms with van der Waals surface area (Å²) in [4.78, 5) is 21.7. The summed E-state index contributed by atoms with van der Waals surface area (Å²) in [5.41, 5.74) is 6.92. The zero-order chi connectivity index (χ0) is 14.5. The van der Waals surface area contributed by atoms with E-state index in [9.17, 15) is 4.79 Å². The third kappa shape index (κ3) is 3.71. The predicted octanol–water partition coefficient (Wildman–Crippen LogP) is 0.681. The van der Waals surface area contributed by atoms with Gasteiger partial charge in [0.1, 0.15) is 0 Å².